The molecule has 24 heavy (non-hydrogen) atoms. The van der Waals surface area contributed by atoms with E-state index in [1.165, 1.54) is 5.56 Å². The largest absolute Gasteiger partial charge is 0.334 e. The van der Waals surface area contributed by atoms with Crippen LogP contribution in [0.3, 0.4) is 0 Å². The van der Waals surface area contributed by atoms with E-state index >= 15 is 0 Å². The Kier molecular flexibility index (Phi) is 4.91. The van der Waals surface area contributed by atoms with Crippen LogP contribution in [-0.4, -0.2) is 11.0 Å². The molecule has 0 unspecified atom stereocenters. The number of thiazole rings is 1. The summed E-state index contributed by atoms with van der Waals surface area (Å²) in [6.45, 7) is 4.53. The fourth-order valence-corrected chi connectivity index (χ4v) is 3.05. The maximum Gasteiger partial charge on any atom is 0.319 e. The summed E-state index contributed by atoms with van der Waals surface area (Å²) < 4.78 is 0. The lowest BCUT2D eigenvalue weighted by molar-refractivity contribution is 0.251. The zero-order chi connectivity index (χ0) is 16.9. The lowest BCUT2D eigenvalue weighted by atomic mass is 10.1. The van der Waals surface area contributed by atoms with Gasteiger partial charge < -0.3 is 10.6 Å². The number of carbonyl (C=O) groups is 1. The molecule has 0 fully saturated rings. The first-order chi connectivity index (χ1) is 11.6. The number of carbonyl (C=O) groups excluding carboxylic acids is 1. The zero-order valence-electron chi connectivity index (χ0n) is 13.7. The van der Waals surface area contributed by atoms with Gasteiger partial charge in [0.25, 0.3) is 0 Å². The van der Waals surface area contributed by atoms with Crippen molar-refractivity contribution in [3.8, 4) is 10.6 Å². The van der Waals surface area contributed by atoms with Gasteiger partial charge in [0.2, 0.25) is 0 Å². The predicted molar refractivity (Wildman–Crippen MR) is 99.3 cm³/mol. The van der Waals surface area contributed by atoms with Crippen LogP contribution in [0.25, 0.3) is 10.6 Å². The Balaban J connectivity index is 1.55. The first-order valence-electron chi connectivity index (χ1n) is 7.73. The molecule has 2 amide bonds. The van der Waals surface area contributed by atoms with Crippen LogP contribution in [0.4, 0.5) is 10.5 Å². The molecule has 0 bridgehead atoms. The minimum absolute atomic E-state index is 0.214. The number of hydrogen-bond donors (Lipinski definition) is 2. The van der Waals surface area contributed by atoms with E-state index in [1.54, 1.807) is 11.3 Å². The van der Waals surface area contributed by atoms with Crippen molar-refractivity contribution in [3.05, 3.63) is 70.7 Å². The third-order valence-electron chi connectivity index (χ3n) is 3.58. The molecule has 2 N–H and O–H groups in total. The van der Waals surface area contributed by atoms with Gasteiger partial charge in [0.15, 0.2) is 0 Å². The highest BCUT2D eigenvalue weighted by molar-refractivity contribution is 7.13. The number of aryl methyl sites for hydroxylation is 2. The van der Waals surface area contributed by atoms with Gasteiger partial charge >= 0.3 is 6.03 Å². The lowest BCUT2D eigenvalue weighted by Gasteiger charge is -2.08. The fraction of sp³-hybridized carbons (Fsp3) is 0.158. The van der Waals surface area contributed by atoms with Gasteiger partial charge in [-0.25, -0.2) is 9.78 Å². The van der Waals surface area contributed by atoms with E-state index in [9.17, 15) is 4.79 Å². The molecule has 1 aromatic heterocycles. The topological polar surface area (TPSA) is 54.0 Å². The molecule has 0 aliphatic rings. The predicted octanol–water partition coefficient (Wildman–Crippen LogP) is 4.75. The van der Waals surface area contributed by atoms with Crippen LogP contribution in [0, 0.1) is 13.8 Å². The van der Waals surface area contributed by atoms with Gasteiger partial charge in [-0.2, -0.15) is 0 Å². The number of aromatic nitrogens is 1. The van der Waals surface area contributed by atoms with E-state index < -0.39 is 0 Å². The maximum absolute atomic E-state index is 12.0. The number of hydrogen-bond acceptors (Lipinski definition) is 3. The number of nitrogens with one attached hydrogen (secondary N) is 2. The van der Waals surface area contributed by atoms with Crippen LogP contribution in [0.5, 0.6) is 0 Å². The highest BCUT2D eigenvalue weighted by Crippen LogP contribution is 2.24. The second-order valence-corrected chi connectivity index (χ2v) is 6.52. The van der Waals surface area contributed by atoms with Crippen molar-refractivity contribution in [1.82, 2.24) is 10.3 Å². The quantitative estimate of drug-likeness (QED) is 0.722. The first-order valence-corrected chi connectivity index (χ1v) is 8.61. The van der Waals surface area contributed by atoms with E-state index in [4.69, 9.17) is 0 Å². The summed E-state index contributed by atoms with van der Waals surface area (Å²) in [5.41, 5.74) is 5.11. The van der Waals surface area contributed by atoms with E-state index in [1.807, 2.05) is 67.8 Å². The number of rotatable bonds is 4. The standard InChI is InChI=1S/C19H19N3OS/c1-13-3-5-15(6-4-13)11-20-19(23)22-17-9-7-16(8-10-17)18-21-14(2)12-24-18/h3-10,12H,11H2,1-2H3,(H2,20,22,23). The molecule has 0 aliphatic carbocycles. The summed E-state index contributed by atoms with van der Waals surface area (Å²) in [7, 11) is 0. The van der Waals surface area contributed by atoms with E-state index in [2.05, 4.69) is 15.6 Å². The van der Waals surface area contributed by atoms with Crippen LogP contribution >= 0.6 is 11.3 Å². The molecule has 2 aromatic carbocycles. The van der Waals surface area contributed by atoms with Crippen LogP contribution in [-0.2, 0) is 6.54 Å². The van der Waals surface area contributed by atoms with Gasteiger partial charge in [-0.1, -0.05) is 29.8 Å². The summed E-state index contributed by atoms with van der Waals surface area (Å²) in [4.78, 5) is 16.4. The highest BCUT2D eigenvalue weighted by Gasteiger charge is 2.05. The molecule has 3 rings (SSSR count). The van der Waals surface area contributed by atoms with E-state index in [-0.39, 0.29) is 6.03 Å². The van der Waals surface area contributed by atoms with Gasteiger partial charge in [-0.05, 0) is 43.7 Å². The van der Waals surface area contributed by atoms with Crippen molar-refractivity contribution < 1.29 is 4.79 Å². The van der Waals surface area contributed by atoms with Gasteiger partial charge in [0.05, 0.1) is 0 Å². The number of anilines is 1. The Hall–Kier alpha value is -2.66. The average Bonchev–Trinajstić information content (AvgIpc) is 3.01. The summed E-state index contributed by atoms with van der Waals surface area (Å²) in [5, 5.41) is 8.71. The van der Waals surface area contributed by atoms with Crippen LogP contribution in [0.2, 0.25) is 0 Å². The molecular formula is C19H19N3OS. The van der Waals surface area contributed by atoms with Crippen molar-refractivity contribution >= 4 is 23.1 Å². The molecule has 0 atom stereocenters. The highest BCUT2D eigenvalue weighted by atomic mass is 32.1. The van der Waals surface area contributed by atoms with Gasteiger partial charge in [-0.15, -0.1) is 11.3 Å². The number of benzene rings is 2. The summed E-state index contributed by atoms with van der Waals surface area (Å²) in [5.74, 6) is 0. The van der Waals surface area contributed by atoms with Crippen LogP contribution < -0.4 is 10.6 Å². The SMILES string of the molecule is Cc1ccc(CNC(=O)Nc2ccc(-c3nc(C)cs3)cc2)cc1. The minimum Gasteiger partial charge on any atom is -0.334 e. The molecular weight excluding hydrogens is 318 g/mol. The summed E-state index contributed by atoms with van der Waals surface area (Å²) in [6, 6.07) is 15.6. The van der Waals surface area contributed by atoms with E-state index in [0.717, 1.165) is 27.5 Å². The molecule has 122 valence electrons. The molecule has 4 nitrogen and oxygen atoms in total. The summed E-state index contributed by atoms with van der Waals surface area (Å²) in [6.07, 6.45) is 0. The monoisotopic (exact) mass is 337 g/mol. The summed E-state index contributed by atoms with van der Waals surface area (Å²) >= 11 is 1.62. The average molecular weight is 337 g/mol. The van der Waals surface area contributed by atoms with Gasteiger partial charge in [-0.3, -0.25) is 0 Å². The molecule has 0 saturated carbocycles. The van der Waals surface area contributed by atoms with Crippen LogP contribution in [0.1, 0.15) is 16.8 Å². The third kappa shape index (κ3) is 4.20. The first kappa shape index (κ1) is 16.2. The Morgan fingerprint density at radius 1 is 1.04 bits per heavy atom. The molecule has 0 radical (unpaired) electrons. The molecule has 0 aliphatic heterocycles. The fourth-order valence-electron chi connectivity index (χ4n) is 2.25. The number of amides is 2. The Morgan fingerprint density at radius 2 is 1.75 bits per heavy atom. The van der Waals surface area contributed by atoms with Crippen molar-refractivity contribution in [3.63, 3.8) is 0 Å². The molecule has 0 saturated heterocycles. The van der Waals surface area contributed by atoms with Crippen molar-refractivity contribution in [1.29, 1.82) is 0 Å². The molecule has 0 spiro atoms. The van der Waals surface area contributed by atoms with Gasteiger partial charge in [0.1, 0.15) is 5.01 Å². The second-order valence-electron chi connectivity index (χ2n) is 5.66. The lowest BCUT2D eigenvalue weighted by Crippen LogP contribution is -2.28. The maximum atomic E-state index is 12.0. The second kappa shape index (κ2) is 7.27. The van der Waals surface area contributed by atoms with Crippen molar-refractivity contribution in [2.75, 3.05) is 5.32 Å². The third-order valence-corrected chi connectivity index (χ3v) is 4.59. The van der Waals surface area contributed by atoms with Crippen LogP contribution in [0.15, 0.2) is 53.9 Å². The van der Waals surface area contributed by atoms with Gasteiger partial charge in [0, 0.05) is 28.9 Å². The van der Waals surface area contributed by atoms with E-state index in [0.29, 0.717) is 6.54 Å². The smallest absolute Gasteiger partial charge is 0.319 e. The number of nitrogens with zero attached hydrogens (tertiary/aromatic N) is 1. The Bertz CT molecular complexity index is 823. The van der Waals surface area contributed by atoms with Crippen molar-refractivity contribution in [2.24, 2.45) is 0 Å². The molecule has 1 heterocycles. The molecule has 5 heteroatoms. The zero-order valence-corrected chi connectivity index (χ0v) is 14.5. The normalized spacial score (nSPS) is 10.4. The molecule has 3 aromatic rings. The van der Waals surface area contributed by atoms with Crippen molar-refractivity contribution in [2.45, 2.75) is 20.4 Å². The Morgan fingerprint density at radius 3 is 2.38 bits per heavy atom. The Labute approximate surface area is 145 Å². The minimum atomic E-state index is -0.214. The number of urea groups is 1.